The molecule has 2 heterocycles. The van der Waals surface area contributed by atoms with Crippen LogP contribution in [-0.4, -0.2) is 55.4 Å². The number of piperidine rings is 1. The lowest BCUT2D eigenvalue weighted by Crippen LogP contribution is -2.60. The minimum Gasteiger partial charge on any atom is -0.306 e. The molecule has 0 amide bonds. The molecule has 98 valence electrons. The highest BCUT2D eigenvalue weighted by Gasteiger charge is 2.44. The summed E-state index contributed by atoms with van der Waals surface area (Å²) in [5.41, 5.74) is 0.536. The molecule has 0 N–H and O–H groups in total. The molecule has 3 nitrogen and oxygen atoms in total. The van der Waals surface area contributed by atoms with E-state index in [9.17, 15) is 4.79 Å². The lowest BCUT2D eigenvalue weighted by molar-refractivity contribution is -0.120. The van der Waals surface area contributed by atoms with Gasteiger partial charge in [-0.3, -0.25) is 9.69 Å². The molecule has 0 atom stereocenters. The number of ketones is 1. The van der Waals surface area contributed by atoms with E-state index >= 15 is 0 Å². The summed E-state index contributed by atoms with van der Waals surface area (Å²) in [6.45, 7) is 12.7. The van der Waals surface area contributed by atoms with E-state index in [1.54, 1.807) is 0 Å². The van der Waals surface area contributed by atoms with E-state index in [-0.39, 0.29) is 5.78 Å². The fraction of sp³-hybridized carbons (Fsp3) is 0.786. The Morgan fingerprint density at radius 3 is 2.29 bits per heavy atom. The number of hydrogen-bond donors (Lipinski definition) is 0. The normalized spacial score (nSPS) is 23.5. The molecular formula is C14H26N2O. The Hall–Kier alpha value is -0.670. The molecule has 0 aromatic heterocycles. The molecule has 0 bridgehead atoms. The molecule has 2 aliphatic rings. The van der Waals surface area contributed by atoms with Crippen molar-refractivity contribution >= 4 is 5.78 Å². The molecule has 1 spiro atoms. The zero-order valence-corrected chi connectivity index (χ0v) is 11.5. The number of carbonyl (C=O) groups is 1. The van der Waals surface area contributed by atoms with E-state index in [0.717, 1.165) is 13.1 Å². The summed E-state index contributed by atoms with van der Waals surface area (Å²) in [6.07, 6.45) is 4.02. The first kappa shape index (κ1) is 14.4. The standard InChI is InChI=1S/C12H20N2O.C2H6/c1-3-11(15)8-14-9-12(10-14)4-6-13(2)7-5-12;1-2/h3H,1,4-10H2,2H3;1-2H3. The van der Waals surface area contributed by atoms with Crippen LogP contribution in [0.4, 0.5) is 0 Å². The Bertz CT molecular complexity index is 259. The van der Waals surface area contributed by atoms with Gasteiger partial charge in [0, 0.05) is 13.1 Å². The van der Waals surface area contributed by atoms with Crippen molar-refractivity contribution in [3.05, 3.63) is 12.7 Å². The monoisotopic (exact) mass is 238 g/mol. The van der Waals surface area contributed by atoms with Gasteiger partial charge in [-0.2, -0.15) is 0 Å². The second-order valence-corrected chi connectivity index (χ2v) is 5.12. The average Bonchev–Trinajstić information content (AvgIpc) is 2.32. The Balaban J connectivity index is 0.000000686. The summed E-state index contributed by atoms with van der Waals surface area (Å²) in [5, 5.41) is 0. The highest BCUT2D eigenvalue weighted by atomic mass is 16.1. The Labute approximate surface area is 105 Å². The smallest absolute Gasteiger partial charge is 0.169 e. The van der Waals surface area contributed by atoms with Crippen molar-refractivity contribution in [1.82, 2.24) is 9.80 Å². The van der Waals surface area contributed by atoms with Crippen LogP contribution in [0.1, 0.15) is 26.7 Å². The van der Waals surface area contributed by atoms with E-state index in [1.807, 2.05) is 13.8 Å². The molecule has 0 aromatic carbocycles. The molecule has 0 saturated carbocycles. The third-order valence-electron chi connectivity index (χ3n) is 3.77. The average molecular weight is 238 g/mol. The molecule has 0 unspecified atom stereocenters. The fourth-order valence-corrected chi connectivity index (χ4v) is 2.71. The van der Waals surface area contributed by atoms with E-state index in [0.29, 0.717) is 12.0 Å². The molecule has 17 heavy (non-hydrogen) atoms. The molecule has 0 aromatic rings. The van der Waals surface area contributed by atoms with Gasteiger partial charge in [-0.25, -0.2) is 0 Å². The Morgan fingerprint density at radius 1 is 1.29 bits per heavy atom. The number of hydrogen-bond acceptors (Lipinski definition) is 3. The van der Waals surface area contributed by atoms with Crippen LogP contribution in [0.2, 0.25) is 0 Å². The topological polar surface area (TPSA) is 23.6 Å². The van der Waals surface area contributed by atoms with Crippen LogP contribution in [0, 0.1) is 5.41 Å². The van der Waals surface area contributed by atoms with Crippen molar-refractivity contribution in [2.24, 2.45) is 5.41 Å². The van der Waals surface area contributed by atoms with Gasteiger partial charge in [0.25, 0.3) is 0 Å². The maximum atomic E-state index is 11.2. The maximum Gasteiger partial charge on any atom is 0.169 e. The summed E-state index contributed by atoms with van der Waals surface area (Å²) in [4.78, 5) is 15.8. The van der Waals surface area contributed by atoms with Gasteiger partial charge in [0.15, 0.2) is 5.78 Å². The van der Waals surface area contributed by atoms with Gasteiger partial charge < -0.3 is 4.90 Å². The number of rotatable bonds is 3. The highest BCUT2D eigenvalue weighted by Crippen LogP contribution is 2.39. The van der Waals surface area contributed by atoms with Crippen molar-refractivity contribution in [2.45, 2.75) is 26.7 Å². The van der Waals surface area contributed by atoms with Gasteiger partial charge in [0.2, 0.25) is 0 Å². The van der Waals surface area contributed by atoms with Gasteiger partial charge in [0.1, 0.15) is 0 Å². The zero-order chi connectivity index (χ0) is 12.9. The summed E-state index contributed by atoms with van der Waals surface area (Å²) >= 11 is 0. The first-order valence-corrected chi connectivity index (χ1v) is 6.70. The van der Waals surface area contributed by atoms with Gasteiger partial charge in [-0.1, -0.05) is 20.4 Å². The predicted molar refractivity (Wildman–Crippen MR) is 72.2 cm³/mol. The van der Waals surface area contributed by atoms with Crippen molar-refractivity contribution in [3.63, 3.8) is 0 Å². The van der Waals surface area contributed by atoms with Crippen LogP contribution in [-0.2, 0) is 4.79 Å². The number of likely N-dealkylation sites (tertiary alicyclic amines) is 2. The molecule has 0 radical (unpaired) electrons. The van der Waals surface area contributed by atoms with E-state index in [2.05, 4.69) is 23.4 Å². The van der Waals surface area contributed by atoms with E-state index < -0.39 is 0 Å². The van der Waals surface area contributed by atoms with Crippen molar-refractivity contribution in [3.8, 4) is 0 Å². The van der Waals surface area contributed by atoms with Crippen molar-refractivity contribution in [1.29, 1.82) is 0 Å². The van der Waals surface area contributed by atoms with Gasteiger partial charge in [-0.05, 0) is 44.5 Å². The molecule has 3 heteroatoms. The minimum absolute atomic E-state index is 0.151. The number of nitrogens with zero attached hydrogens (tertiary/aromatic N) is 2. The van der Waals surface area contributed by atoms with Crippen molar-refractivity contribution in [2.75, 3.05) is 39.8 Å². The van der Waals surface area contributed by atoms with E-state index in [4.69, 9.17) is 0 Å². The van der Waals surface area contributed by atoms with Crippen LogP contribution >= 0.6 is 0 Å². The second-order valence-electron chi connectivity index (χ2n) is 5.12. The third kappa shape index (κ3) is 3.65. The van der Waals surface area contributed by atoms with Gasteiger partial charge >= 0.3 is 0 Å². The molecule has 2 rings (SSSR count). The quantitative estimate of drug-likeness (QED) is 0.700. The highest BCUT2D eigenvalue weighted by molar-refractivity contribution is 5.90. The van der Waals surface area contributed by atoms with Crippen LogP contribution < -0.4 is 0 Å². The van der Waals surface area contributed by atoms with Crippen LogP contribution in [0.3, 0.4) is 0 Å². The summed E-state index contributed by atoms with van der Waals surface area (Å²) in [6, 6.07) is 0. The number of carbonyl (C=O) groups excluding carboxylic acids is 1. The maximum absolute atomic E-state index is 11.2. The first-order chi connectivity index (χ1) is 8.13. The van der Waals surface area contributed by atoms with Crippen molar-refractivity contribution < 1.29 is 4.79 Å². The lowest BCUT2D eigenvalue weighted by atomic mass is 9.72. The summed E-state index contributed by atoms with van der Waals surface area (Å²) < 4.78 is 0. The van der Waals surface area contributed by atoms with E-state index in [1.165, 1.54) is 32.0 Å². The minimum atomic E-state index is 0.151. The van der Waals surface area contributed by atoms with Crippen LogP contribution in [0.5, 0.6) is 0 Å². The first-order valence-electron chi connectivity index (χ1n) is 6.70. The molecule has 2 saturated heterocycles. The molecule has 0 aliphatic carbocycles. The van der Waals surface area contributed by atoms with Gasteiger partial charge in [-0.15, -0.1) is 0 Å². The Morgan fingerprint density at radius 2 is 1.82 bits per heavy atom. The van der Waals surface area contributed by atoms with Crippen LogP contribution in [0.25, 0.3) is 0 Å². The van der Waals surface area contributed by atoms with Crippen LogP contribution in [0.15, 0.2) is 12.7 Å². The van der Waals surface area contributed by atoms with Gasteiger partial charge in [0.05, 0.1) is 6.54 Å². The summed E-state index contributed by atoms with van der Waals surface area (Å²) in [7, 11) is 2.19. The lowest BCUT2D eigenvalue weighted by Gasteiger charge is -2.53. The third-order valence-corrected chi connectivity index (χ3v) is 3.77. The SMILES string of the molecule is C=CC(=O)CN1CC2(CCN(C)CC2)C1.CC. The molecular weight excluding hydrogens is 212 g/mol. The summed E-state index contributed by atoms with van der Waals surface area (Å²) in [5.74, 6) is 0.151. The second kappa shape index (κ2) is 6.31. The predicted octanol–water partition coefficient (Wildman–Crippen LogP) is 1.80. The largest absolute Gasteiger partial charge is 0.306 e. The Kier molecular flexibility index (Phi) is 5.34. The fourth-order valence-electron chi connectivity index (χ4n) is 2.71. The molecule has 2 fully saturated rings. The zero-order valence-electron chi connectivity index (χ0n) is 11.5. The molecule has 2 aliphatic heterocycles.